The van der Waals surface area contributed by atoms with Crippen LogP contribution < -0.4 is 11.1 Å². The molecule has 0 fully saturated rings. The monoisotopic (exact) mass is 282 g/mol. The van der Waals surface area contributed by atoms with Gasteiger partial charge >= 0.3 is 0 Å². The van der Waals surface area contributed by atoms with Gasteiger partial charge in [-0.1, -0.05) is 17.7 Å². The maximum absolute atomic E-state index is 13.8. The fourth-order valence-corrected chi connectivity index (χ4v) is 2.13. The van der Waals surface area contributed by atoms with Crippen molar-refractivity contribution in [2.75, 3.05) is 11.9 Å². The number of hydrogen-bond donors (Lipinski definition) is 2. The lowest BCUT2D eigenvalue weighted by Gasteiger charge is -2.20. The van der Waals surface area contributed by atoms with Crippen molar-refractivity contribution < 1.29 is 8.78 Å². The van der Waals surface area contributed by atoms with Crippen LogP contribution in [0.5, 0.6) is 0 Å². The van der Waals surface area contributed by atoms with E-state index >= 15 is 0 Å². The minimum atomic E-state index is -0.473. The molecule has 0 saturated carbocycles. The van der Waals surface area contributed by atoms with Crippen molar-refractivity contribution in [3.63, 3.8) is 0 Å². The van der Waals surface area contributed by atoms with E-state index < -0.39 is 11.9 Å². The normalized spacial score (nSPS) is 12.2. The van der Waals surface area contributed by atoms with E-state index in [0.717, 1.165) is 0 Å². The largest absolute Gasteiger partial charge is 0.377 e. The molecule has 3 N–H and O–H groups in total. The number of halogens is 3. The molecule has 2 rings (SSSR count). The van der Waals surface area contributed by atoms with Crippen LogP contribution in [0.2, 0.25) is 5.02 Å². The number of benzene rings is 2. The highest BCUT2D eigenvalue weighted by molar-refractivity contribution is 6.31. The minimum absolute atomic E-state index is 0.165. The van der Waals surface area contributed by atoms with Gasteiger partial charge in [-0.15, -0.1) is 0 Å². The molecule has 0 radical (unpaired) electrons. The van der Waals surface area contributed by atoms with E-state index in [2.05, 4.69) is 5.32 Å². The van der Waals surface area contributed by atoms with Gasteiger partial charge in [-0.2, -0.15) is 0 Å². The van der Waals surface area contributed by atoms with Crippen molar-refractivity contribution in [3.8, 4) is 0 Å². The van der Waals surface area contributed by atoms with Crippen molar-refractivity contribution in [2.45, 2.75) is 6.04 Å². The van der Waals surface area contributed by atoms with Gasteiger partial charge in [0.15, 0.2) is 0 Å². The predicted octanol–water partition coefficient (Wildman–Crippen LogP) is 3.73. The van der Waals surface area contributed by atoms with Crippen molar-refractivity contribution in [2.24, 2.45) is 5.73 Å². The molecule has 0 spiro atoms. The molecule has 1 unspecified atom stereocenters. The Morgan fingerprint density at radius 3 is 2.37 bits per heavy atom. The number of rotatable bonds is 4. The van der Waals surface area contributed by atoms with Gasteiger partial charge < -0.3 is 11.1 Å². The quantitative estimate of drug-likeness (QED) is 0.897. The average molecular weight is 283 g/mol. The Morgan fingerprint density at radius 2 is 1.79 bits per heavy atom. The zero-order valence-electron chi connectivity index (χ0n) is 10.0. The molecule has 1 atom stereocenters. The lowest BCUT2D eigenvalue weighted by Crippen LogP contribution is -2.22. The van der Waals surface area contributed by atoms with E-state index in [1.54, 1.807) is 18.2 Å². The van der Waals surface area contributed by atoms with E-state index in [0.29, 0.717) is 16.3 Å². The van der Waals surface area contributed by atoms with Gasteiger partial charge in [0.25, 0.3) is 0 Å². The first-order valence-electron chi connectivity index (χ1n) is 5.78. The topological polar surface area (TPSA) is 38.0 Å². The average Bonchev–Trinajstić information content (AvgIpc) is 2.39. The van der Waals surface area contributed by atoms with Crippen LogP contribution in [-0.4, -0.2) is 6.54 Å². The van der Waals surface area contributed by atoms with E-state index in [4.69, 9.17) is 17.3 Å². The van der Waals surface area contributed by atoms with Gasteiger partial charge in [0.1, 0.15) is 11.6 Å². The highest BCUT2D eigenvalue weighted by Crippen LogP contribution is 2.28. The highest BCUT2D eigenvalue weighted by Gasteiger charge is 2.17. The number of nitrogens with two attached hydrogens (primary N) is 1. The molecule has 0 amide bonds. The Labute approximate surface area is 115 Å². The molecular weight excluding hydrogens is 270 g/mol. The first kappa shape index (κ1) is 13.8. The molecular formula is C14H13ClF2N2. The molecule has 0 bridgehead atoms. The second kappa shape index (κ2) is 5.99. The van der Waals surface area contributed by atoms with Gasteiger partial charge in [0.2, 0.25) is 0 Å². The lowest BCUT2D eigenvalue weighted by molar-refractivity contribution is 0.593. The van der Waals surface area contributed by atoms with Crippen LogP contribution in [0.4, 0.5) is 14.5 Å². The molecule has 2 nitrogen and oxygen atoms in total. The summed E-state index contributed by atoms with van der Waals surface area (Å²) in [4.78, 5) is 0. The molecule has 19 heavy (non-hydrogen) atoms. The van der Waals surface area contributed by atoms with Crippen molar-refractivity contribution in [1.82, 2.24) is 0 Å². The van der Waals surface area contributed by atoms with Crippen LogP contribution in [0.3, 0.4) is 0 Å². The smallest absolute Gasteiger partial charge is 0.130 e. The van der Waals surface area contributed by atoms with Crippen LogP contribution in [0.25, 0.3) is 0 Å². The number of hydrogen-bond acceptors (Lipinski definition) is 2. The van der Waals surface area contributed by atoms with E-state index in [1.165, 1.54) is 24.3 Å². The first-order valence-corrected chi connectivity index (χ1v) is 6.15. The van der Waals surface area contributed by atoms with Crippen LogP contribution in [-0.2, 0) is 0 Å². The summed E-state index contributed by atoms with van der Waals surface area (Å²) in [7, 11) is 0. The molecule has 0 aliphatic carbocycles. The van der Waals surface area contributed by atoms with Crippen molar-refractivity contribution in [3.05, 3.63) is 64.7 Å². The fraction of sp³-hybridized carbons (Fsp3) is 0.143. The van der Waals surface area contributed by atoms with Crippen molar-refractivity contribution in [1.29, 1.82) is 0 Å². The van der Waals surface area contributed by atoms with Gasteiger partial charge in [-0.25, -0.2) is 8.78 Å². The summed E-state index contributed by atoms with van der Waals surface area (Å²) in [6.45, 7) is 0.165. The van der Waals surface area contributed by atoms with Gasteiger partial charge in [-0.3, -0.25) is 0 Å². The van der Waals surface area contributed by atoms with Gasteiger partial charge in [0.05, 0.1) is 6.04 Å². The predicted molar refractivity (Wildman–Crippen MR) is 73.2 cm³/mol. The molecule has 0 aliphatic heterocycles. The van der Waals surface area contributed by atoms with E-state index in [-0.39, 0.29) is 12.4 Å². The molecule has 0 aromatic heterocycles. The summed E-state index contributed by atoms with van der Waals surface area (Å²) in [5.74, 6) is -0.753. The second-order valence-electron chi connectivity index (χ2n) is 4.07. The molecule has 0 saturated heterocycles. The van der Waals surface area contributed by atoms with Crippen LogP contribution in [0.15, 0.2) is 42.5 Å². The number of nitrogens with one attached hydrogen (secondary N) is 1. The summed E-state index contributed by atoms with van der Waals surface area (Å²) in [5, 5.41) is 3.35. The van der Waals surface area contributed by atoms with Crippen LogP contribution >= 0.6 is 11.6 Å². The summed E-state index contributed by atoms with van der Waals surface area (Å²) in [6, 6.07) is 9.76. The fourth-order valence-electron chi connectivity index (χ4n) is 1.84. The van der Waals surface area contributed by atoms with Gasteiger partial charge in [-0.05, 0) is 36.4 Å². The third kappa shape index (κ3) is 3.22. The molecule has 100 valence electrons. The Bertz CT molecular complexity index is 538. The van der Waals surface area contributed by atoms with Crippen molar-refractivity contribution >= 4 is 17.3 Å². The zero-order valence-corrected chi connectivity index (χ0v) is 10.8. The van der Waals surface area contributed by atoms with E-state index in [1.807, 2.05) is 0 Å². The summed E-state index contributed by atoms with van der Waals surface area (Å²) >= 11 is 6.00. The zero-order chi connectivity index (χ0) is 13.8. The Kier molecular flexibility index (Phi) is 4.35. The maximum Gasteiger partial charge on any atom is 0.130 e. The molecule has 2 aromatic carbocycles. The Morgan fingerprint density at radius 1 is 1.11 bits per heavy atom. The molecule has 2 aromatic rings. The maximum atomic E-state index is 13.8. The highest BCUT2D eigenvalue weighted by atomic mass is 35.5. The second-order valence-corrected chi connectivity index (χ2v) is 4.48. The first-order chi connectivity index (χ1) is 9.11. The summed E-state index contributed by atoms with van der Waals surface area (Å²) in [5.41, 5.74) is 6.62. The Hall–Kier alpha value is -1.65. The summed E-state index contributed by atoms with van der Waals surface area (Å²) in [6.07, 6.45) is 0. The SMILES string of the molecule is NCC(Nc1ccc(F)cc1)c1c(F)cccc1Cl. The minimum Gasteiger partial charge on any atom is -0.377 e. The van der Waals surface area contributed by atoms with Crippen LogP contribution in [0.1, 0.15) is 11.6 Å². The molecule has 0 heterocycles. The molecule has 5 heteroatoms. The lowest BCUT2D eigenvalue weighted by atomic mass is 10.1. The van der Waals surface area contributed by atoms with Crippen LogP contribution in [0, 0.1) is 11.6 Å². The third-order valence-electron chi connectivity index (χ3n) is 2.77. The molecule has 0 aliphatic rings. The standard InChI is InChI=1S/C14H13ClF2N2/c15-11-2-1-3-12(17)14(11)13(8-18)19-10-6-4-9(16)5-7-10/h1-7,13,19H,8,18H2. The van der Waals surface area contributed by atoms with E-state index in [9.17, 15) is 8.78 Å². The Balaban J connectivity index is 2.27. The third-order valence-corrected chi connectivity index (χ3v) is 3.10. The summed E-state index contributed by atoms with van der Waals surface area (Å²) < 4.78 is 26.6. The number of anilines is 1. The van der Waals surface area contributed by atoms with Gasteiger partial charge in [0, 0.05) is 22.8 Å².